The van der Waals surface area contributed by atoms with Crippen LogP contribution < -0.4 is 0 Å². The average molecular weight is 308 g/mol. The summed E-state index contributed by atoms with van der Waals surface area (Å²) in [4.78, 5) is 12.2. The molecule has 0 aliphatic carbocycles. The molecule has 3 heteroatoms. The maximum absolute atomic E-state index is 12.2. The van der Waals surface area contributed by atoms with Gasteiger partial charge in [-0.1, -0.05) is 43.7 Å². The van der Waals surface area contributed by atoms with Crippen molar-refractivity contribution in [2.75, 3.05) is 0 Å². The van der Waals surface area contributed by atoms with E-state index < -0.39 is 0 Å². The third-order valence-electron chi connectivity index (χ3n) is 3.79. The van der Waals surface area contributed by atoms with Gasteiger partial charge in [0.15, 0.2) is 0 Å². The molecule has 0 saturated heterocycles. The van der Waals surface area contributed by atoms with Gasteiger partial charge in [0.25, 0.3) is 0 Å². The average Bonchev–Trinajstić information content (AvgIpc) is 3.00. The molecule has 23 heavy (non-hydrogen) atoms. The first-order chi connectivity index (χ1) is 11.3. The Morgan fingerprint density at radius 3 is 2.70 bits per heavy atom. The van der Waals surface area contributed by atoms with Crippen LogP contribution in [-0.2, 0) is 17.8 Å². The molecule has 2 aromatic carbocycles. The van der Waals surface area contributed by atoms with Crippen LogP contribution in [-0.4, -0.2) is 5.97 Å². The summed E-state index contributed by atoms with van der Waals surface area (Å²) in [5.74, 6) is 0.656. The van der Waals surface area contributed by atoms with Crippen LogP contribution in [0.1, 0.15) is 41.4 Å². The molecule has 0 N–H and O–H groups in total. The summed E-state index contributed by atoms with van der Waals surface area (Å²) in [5.41, 5.74) is 2.35. The van der Waals surface area contributed by atoms with Gasteiger partial charge in [0.05, 0.1) is 5.56 Å². The van der Waals surface area contributed by atoms with Crippen molar-refractivity contribution in [1.29, 1.82) is 0 Å². The van der Waals surface area contributed by atoms with Crippen LogP contribution in [0.25, 0.3) is 11.0 Å². The van der Waals surface area contributed by atoms with Gasteiger partial charge in [0.2, 0.25) is 0 Å². The molecular formula is C20H20O3. The molecule has 0 unspecified atom stereocenters. The smallest absolute Gasteiger partial charge is 0.338 e. The van der Waals surface area contributed by atoms with Gasteiger partial charge in [0, 0.05) is 11.8 Å². The molecule has 0 atom stereocenters. The van der Waals surface area contributed by atoms with Gasteiger partial charge in [-0.25, -0.2) is 4.79 Å². The van der Waals surface area contributed by atoms with Gasteiger partial charge in [-0.05, 0) is 36.2 Å². The Hall–Kier alpha value is -2.55. The summed E-state index contributed by atoms with van der Waals surface area (Å²) in [7, 11) is 0. The lowest BCUT2D eigenvalue weighted by molar-refractivity contribution is 0.0473. The molecule has 0 amide bonds. The Bertz CT molecular complexity index is 787. The maximum atomic E-state index is 12.2. The van der Waals surface area contributed by atoms with Gasteiger partial charge in [-0.2, -0.15) is 0 Å². The summed E-state index contributed by atoms with van der Waals surface area (Å²) in [6.07, 6.45) is 3.17. The van der Waals surface area contributed by atoms with Gasteiger partial charge in [-0.15, -0.1) is 0 Å². The number of furan rings is 1. The zero-order valence-electron chi connectivity index (χ0n) is 13.2. The molecule has 3 nitrogen and oxygen atoms in total. The highest BCUT2D eigenvalue weighted by Crippen LogP contribution is 2.22. The fraction of sp³-hybridized carbons (Fsp3) is 0.250. The topological polar surface area (TPSA) is 39.4 Å². The van der Waals surface area contributed by atoms with E-state index in [2.05, 4.69) is 6.92 Å². The van der Waals surface area contributed by atoms with E-state index in [1.165, 1.54) is 0 Å². The van der Waals surface area contributed by atoms with Crippen molar-refractivity contribution in [3.8, 4) is 0 Å². The van der Waals surface area contributed by atoms with Crippen molar-refractivity contribution in [1.82, 2.24) is 0 Å². The van der Waals surface area contributed by atoms with Crippen LogP contribution in [0.15, 0.2) is 59.0 Å². The van der Waals surface area contributed by atoms with Crippen LogP contribution in [0.3, 0.4) is 0 Å². The van der Waals surface area contributed by atoms with Gasteiger partial charge >= 0.3 is 5.97 Å². The first-order valence-electron chi connectivity index (χ1n) is 8.00. The first kappa shape index (κ1) is 15.3. The lowest BCUT2D eigenvalue weighted by Crippen LogP contribution is -2.04. The summed E-state index contributed by atoms with van der Waals surface area (Å²) in [6, 6.07) is 17.1. The first-order valence-corrected chi connectivity index (χ1v) is 8.00. The zero-order chi connectivity index (χ0) is 16.1. The standard InChI is InChI=1S/C20H20O3/c1-2-3-9-18-13-17-12-16(10-11-19(17)23-18)20(21)22-14-15-7-5-4-6-8-15/h4-8,10-13H,2-3,9,14H2,1H3. The molecule has 1 aromatic heterocycles. The molecule has 118 valence electrons. The number of carbonyl (C=O) groups is 1. The molecule has 1 heterocycles. The molecule has 3 aromatic rings. The molecule has 0 saturated carbocycles. The fourth-order valence-electron chi connectivity index (χ4n) is 2.51. The van der Waals surface area contributed by atoms with E-state index in [0.717, 1.165) is 41.6 Å². The molecule has 0 bridgehead atoms. The van der Waals surface area contributed by atoms with E-state index in [1.807, 2.05) is 48.5 Å². The van der Waals surface area contributed by atoms with Crippen molar-refractivity contribution in [2.24, 2.45) is 0 Å². The Kier molecular flexibility index (Phi) is 4.77. The highest BCUT2D eigenvalue weighted by molar-refractivity contribution is 5.94. The van der Waals surface area contributed by atoms with E-state index in [9.17, 15) is 4.79 Å². The van der Waals surface area contributed by atoms with E-state index in [0.29, 0.717) is 5.56 Å². The summed E-state index contributed by atoms with van der Waals surface area (Å²) in [5, 5.41) is 0.949. The largest absolute Gasteiger partial charge is 0.461 e. The van der Waals surface area contributed by atoms with Crippen molar-refractivity contribution in [2.45, 2.75) is 32.8 Å². The molecule has 0 fully saturated rings. The molecular weight excluding hydrogens is 288 g/mol. The van der Waals surface area contributed by atoms with Crippen LogP contribution in [0.5, 0.6) is 0 Å². The lowest BCUT2D eigenvalue weighted by atomic mass is 10.1. The molecule has 0 radical (unpaired) electrons. The third kappa shape index (κ3) is 3.81. The van der Waals surface area contributed by atoms with Crippen molar-refractivity contribution < 1.29 is 13.9 Å². The van der Waals surface area contributed by atoms with E-state index in [1.54, 1.807) is 6.07 Å². The van der Waals surface area contributed by atoms with Crippen molar-refractivity contribution in [3.63, 3.8) is 0 Å². The number of hydrogen-bond acceptors (Lipinski definition) is 3. The number of unbranched alkanes of at least 4 members (excludes halogenated alkanes) is 1. The van der Waals surface area contributed by atoms with Gasteiger partial charge in [0.1, 0.15) is 18.0 Å². The highest BCUT2D eigenvalue weighted by atomic mass is 16.5. The number of ether oxygens (including phenoxy) is 1. The predicted octanol–water partition coefficient (Wildman–Crippen LogP) is 5.13. The molecule has 0 aliphatic heterocycles. The van der Waals surface area contributed by atoms with E-state index in [-0.39, 0.29) is 12.6 Å². The van der Waals surface area contributed by atoms with Crippen molar-refractivity contribution >= 4 is 16.9 Å². The number of benzene rings is 2. The SMILES string of the molecule is CCCCc1cc2cc(C(=O)OCc3ccccc3)ccc2o1. The molecule has 0 aliphatic rings. The molecule has 3 rings (SSSR count). The normalized spacial score (nSPS) is 10.8. The highest BCUT2D eigenvalue weighted by Gasteiger charge is 2.11. The van der Waals surface area contributed by atoms with Crippen LogP contribution in [0.2, 0.25) is 0 Å². The predicted molar refractivity (Wildman–Crippen MR) is 90.4 cm³/mol. The quantitative estimate of drug-likeness (QED) is 0.592. The monoisotopic (exact) mass is 308 g/mol. The summed E-state index contributed by atoms with van der Waals surface area (Å²) in [6.45, 7) is 2.44. The van der Waals surface area contributed by atoms with Gasteiger partial charge in [-0.3, -0.25) is 0 Å². The Balaban J connectivity index is 1.70. The second-order valence-corrected chi connectivity index (χ2v) is 5.63. The van der Waals surface area contributed by atoms with Crippen LogP contribution in [0.4, 0.5) is 0 Å². The number of aryl methyl sites for hydroxylation is 1. The third-order valence-corrected chi connectivity index (χ3v) is 3.79. The number of fused-ring (bicyclic) bond motifs is 1. The molecule has 0 spiro atoms. The lowest BCUT2D eigenvalue weighted by Gasteiger charge is -2.04. The second kappa shape index (κ2) is 7.14. The van der Waals surface area contributed by atoms with Gasteiger partial charge < -0.3 is 9.15 Å². The second-order valence-electron chi connectivity index (χ2n) is 5.63. The minimum atomic E-state index is -0.313. The fourth-order valence-corrected chi connectivity index (χ4v) is 2.51. The summed E-state index contributed by atoms with van der Waals surface area (Å²) >= 11 is 0. The Labute approximate surface area is 135 Å². The maximum Gasteiger partial charge on any atom is 0.338 e. The number of carbonyl (C=O) groups excluding carboxylic acids is 1. The number of hydrogen-bond donors (Lipinski definition) is 0. The summed E-state index contributed by atoms with van der Waals surface area (Å²) < 4.78 is 11.1. The van der Waals surface area contributed by atoms with E-state index >= 15 is 0 Å². The number of esters is 1. The minimum Gasteiger partial charge on any atom is -0.461 e. The Morgan fingerprint density at radius 2 is 1.91 bits per heavy atom. The number of rotatable bonds is 6. The van der Waals surface area contributed by atoms with Crippen LogP contribution >= 0.6 is 0 Å². The minimum absolute atomic E-state index is 0.283. The van der Waals surface area contributed by atoms with Crippen molar-refractivity contribution in [3.05, 3.63) is 71.5 Å². The Morgan fingerprint density at radius 1 is 1.09 bits per heavy atom. The van der Waals surface area contributed by atoms with E-state index in [4.69, 9.17) is 9.15 Å². The van der Waals surface area contributed by atoms with Crippen LogP contribution in [0, 0.1) is 0 Å². The zero-order valence-corrected chi connectivity index (χ0v) is 13.2.